The lowest BCUT2D eigenvalue weighted by Crippen LogP contribution is -1.85. The zero-order valence-electron chi connectivity index (χ0n) is 6.79. The van der Waals surface area contributed by atoms with Gasteiger partial charge >= 0.3 is 0 Å². The summed E-state index contributed by atoms with van der Waals surface area (Å²) in [6.45, 7) is 0. The molecular weight excluding hydrogens is 169 g/mol. The number of aromatic amines is 1. The standard InChI is InChI=1S/C9H8FN3/c10-8-7(12-9(11)13-8)6-4-2-1-3-5-6/h1-5H,(H3,11,12,13). The molecule has 0 aliphatic carbocycles. The molecule has 0 spiro atoms. The van der Waals surface area contributed by atoms with Crippen LogP contribution in [0.2, 0.25) is 0 Å². The predicted octanol–water partition coefficient (Wildman–Crippen LogP) is 1.80. The van der Waals surface area contributed by atoms with E-state index in [2.05, 4.69) is 9.97 Å². The number of nitrogen functional groups attached to an aromatic ring is 1. The first kappa shape index (κ1) is 7.79. The third-order valence-corrected chi connectivity index (χ3v) is 1.73. The quantitative estimate of drug-likeness (QED) is 0.697. The second-order valence-corrected chi connectivity index (χ2v) is 2.65. The fourth-order valence-electron chi connectivity index (χ4n) is 1.16. The number of hydrogen-bond acceptors (Lipinski definition) is 2. The maximum Gasteiger partial charge on any atom is 0.220 e. The van der Waals surface area contributed by atoms with Crippen LogP contribution in [-0.2, 0) is 0 Å². The molecule has 0 unspecified atom stereocenters. The van der Waals surface area contributed by atoms with Crippen molar-refractivity contribution in [1.29, 1.82) is 0 Å². The van der Waals surface area contributed by atoms with Gasteiger partial charge in [0.25, 0.3) is 0 Å². The van der Waals surface area contributed by atoms with E-state index in [-0.39, 0.29) is 11.6 Å². The van der Waals surface area contributed by atoms with E-state index >= 15 is 0 Å². The molecule has 1 aromatic heterocycles. The van der Waals surface area contributed by atoms with Crippen molar-refractivity contribution in [1.82, 2.24) is 9.97 Å². The summed E-state index contributed by atoms with van der Waals surface area (Å²) in [6, 6.07) is 9.05. The maximum atomic E-state index is 13.1. The fourth-order valence-corrected chi connectivity index (χ4v) is 1.16. The Balaban J connectivity index is 2.53. The topological polar surface area (TPSA) is 54.7 Å². The molecule has 3 N–H and O–H groups in total. The molecule has 66 valence electrons. The normalized spacial score (nSPS) is 10.2. The average Bonchev–Trinajstić information content (AvgIpc) is 2.47. The van der Waals surface area contributed by atoms with Crippen LogP contribution in [0.25, 0.3) is 11.3 Å². The van der Waals surface area contributed by atoms with Crippen LogP contribution in [0.15, 0.2) is 30.3 Å². The van der Waals surface area contributed by atoms with Crippen molar-refractivity contribution in [2.75, 3.05) is 5.73 Å². The van der Waals surface area contributed by atoms with Crippen molar-refractivity contribution < 1.29 is 4.39 Å². The lowest BCUT2D eigenvalue weighted by molar-refractivity contribution is 0.595. The Hall–Kier alpha value is -1.84. The molecule has 0 amide bonds. The Morgan fingerprint density at radius 2 is 1.92 bits per heavy atom. The van der Waals surface area contributed by atoms with Crippen LogP contribution in [0.5, 0.6) is 0 Å². The minimum atomic E-state index is -0.497. The number of nitrogens with one attached hydrogen (secondary N) is 1. The van der Waals surface area contributed by atoms with Crippen molar-refractivity contribution in [2.24, 2.45) is 0 Å². The van der Waals surface area contributed by atoms with Crippen molar-refractivity contribution in [2.45, 2.75) is 0 Å². The largest absolute Gasteiger partial charge is 0.369 e. The fraction of sp³-hybridized carbons (Fsp3) is 0. The van der Waals surface area contributed by atoms with Gasteiger partial charge in [-0.05, 0) is 0 Å². The Bertz CT molecular complexity index is 408. The van der Waals surface area contributed by atoms with Crippen LogP contribution in [-0.4, -0.2) is 9.97 Å². The van der Waals surface area contributed by atoms with Gasteiger partial charge in [-0.3, -0.25) is 0 Å². The lowest BCUT2D eigenvalue weighted by Gasteiger charge is -1.93. The molecule has 3 nitrogen and oxygen atoms in total. The number of anilines is 1. The van der Waals surface area contributed by atoms with Crippen LogP contribution in [0.1, 0.15) is 0 Å². The van der Waals surface area contributed by atoms with Gasteiger partial charge < -0.3 is 10.7 Å². The van der Waals surface area contributed by atoms with E-state index in [0.717, 1.165) is 0 Å². The van der Waals surface area contributed by atoms with Gasteiger partial charge in [0.2, 0.25) is 5.95 Å². The molecule has 0 atom stereocenters. The van der Waals surface area contributed by atoms with E-state index < -0.39 is 5.95 Å². The summed E-state index contributed by atoms with van der Waals surface area (Å²) < 4.78 is 13.1. The number of H-pyrrole nitrogens is 1. The molecule has 2 rings (SSSR count). The third kappa shape index (κ3) is 1.38. The summed E-state index contributed by atoms with van der Waals surface area (Å²) in [5.41, 5.74) is 6.29. The first-order valence-electron chi connectivity index (χ1n) is 3.84. The number of aromatic nitrogens is 2. The number of imidazole rings is 1. The van der Waals surface area contributed by atoms with E-state index in [1.165, 1.54) is 0 Å². The highest BCUT2D eigenvalue weighted by atomic mass is 19.1. The number of benzene rings is 1. The van der Waals surface area contributed by atoms with Crippen molar-refractivity contribution in [3.05, 3.63) is 36.3 Å². The monoisotopic (exact) mass is 177 g/mol. The average molecular weight is 177 g/mol. The summed E-state index contributed by atoms with van der Waals surface area (Å²) in [4.78, 5) is 6.13. The summed E-state index contributed by atoms with van der Waals surface area (Å²) in [5, 5.41) is 0. The minimum Gasteiger partial charge on any atom is -0.369 e. The number of halogens is 1. The maximum absolute atomic E-state index is 13.1. The zero-order valence-corrected chi connectivity index (χ0v) is 6.79. The molecule has 0 saturated heterocycles. The Labute approximate surface area is 74.4 Å². The molecule has 0 radical (unpaired) electrons. The molecule has 1 aromatic carbocycles. The van der Waals surface area contributed by atoms with Crippen LogP contribution in [0, 0.1) is 5.95 Å². The first-order chi connectivity index (χ1) is 6.27. The van der Waals surface area contributed by atoms with Crippen LogP contribution in [0.4, 0.5) is 10.3 Å². The summed E-state index contributed by atoms with van der Waals surface area (Å²) >= 11 is 0. The SMILES string of the molecule is Nc1nc(-c2ccccc2)c(F)[nH]1. The molecule has 13 heavy (non-hydrogen) atoms. The molecule has 0 aliphatic rings. The van der Waals surface area contributed by atoms with Crippen molar-refractivity contribution in [3.63, 3.8) is 0 Å². The van der Waals surface area contributed by atoms with Crippen LogP contribution < -0.4 is 5.73 Å². The van der Waals surface area contributed by atoms with Gasteiger partial charge in [0, 0.05) is 5.56 Å². The highest BCUT2D eigenvalue weighted by Crippen LogP contribution is 2.20. The van der Waals surface area contributed by atoms with Gasteiger partial charge in [0.05, 0.1) is 0 Å². The second-order valence-electron chi connectivity index (χ2n) is 2.65. The molecule has 0 bridgehead atoms. The van der Waals surface area contributed by atoms with Gasteiger partial charge in [-0.1, -0.05) is 30.3 Å². The Morgan fingerprint density at radius 1 is 1.23 bits per heavy atom. The summed E-state index contributed by atoms with van der Waals surface area (Å²) in [5.74, 6) is -0.403. The molecule has 0 aliphatic heterocycles. The van der Waals surface area contributed by atoms with E-state index in [1.54, 1.807) is 12.1 Å². The Kier molecular flexibility index (Phi) is 1.73. The van der Waals surface area contributed by atoms with E-state index in [4.69, 9.17) is 5.73 Å². The van der Waals surface area contributed by atoms with E-state index in [9.17, 15) is 4.39 Å². The molecule has 0 fully saturated rings. The molecule has 2 aromatic rings. The first-order valence-corrected chi connectivity index (χ1v) is 3.84. The number of nitrogens with two attached hydrogens (primary N) is 1. The summed E-state index contributed by atoms with van der Waals surface area (Å²) in [6.07, 6.45) is 0. The van der Waals surface area contributed by atoms with E-state index in [0.29, 0.717) is 5.56 Å². The van der Waals surface area contributed by atoms with Gasteiger partial charge in [0.1, 0.15) is 5.69 Å². The zero-order chi connectivity index (χ0) is 9.26. The smallest absolute Gasteiger partial charge is 0.220 e. The molecule has 0 saturated carbocycles. The lowest BCUT2D eigenvalue weighted by atomic mass is 10.2. The van der Waals surface area contributed by atoms with E-state index in [1.807, 2.05) is 18.2 Å². The number of hydrogen-bond donors (Lipinski definition) is 2. The van der Waals surface area contributed by atoms with Crippen LogP contribution >= 0.6 is 0 Å². The molecule has 4 heteroatoms. The summed E-state index contributed by atoms with van der Waals surface area (Å²) in [7, 11) is 0. The number of rotatable bonds is 1. The molecule has 1 heterocycles. The van der Waals surface area contributed by atoms with Crippen LogP contribution in [0.3, 0.4) is 0 Å². The van der Waals surface area contributed by atoms with Gasteiger partial charge in [0.15, 0.2) is 5.95 Å². The van der Waals surface area contributed by atoms with Crippen molar-refractivity contribution in [3.8, 4) is 11.3 Å². The third-order valence-electron chi connectivity index (χ3n) is 1.73. The Morgan fingerprint density at radius 3 is 2.46 bits per heavy atom. The van der Waals surface area contributed by atoms with Gasteiger partial charge in [-0.15, -0.1) is 0 Å². The molecular formula is C9H8FN3. The minimum absolute atomic E-state index is 0.0938. The highest BCUT2D eigenvalue weighted by molar-refractivity contribution is 5.60. The van der Waals surface area contributed by atoms with Crippen molar-refractivity contribution >= 4 is 5.95 Å². The predicted molar refractivity (Wildman–Crippen MR) is 48.4 cm³/mol. The second kappa shape index (κ2) is 2.90. The van der Waals surface area contributed by atoms with Gasteiger partial charge in [-0.2, -0.15) is 4.39 Å². The number of nitrogens with zero attached hydrogens (tertiary/aromatic N) is 1. The highest BCUT2D eigenvalue weighted by Gasteiger charge is 2.08. The van der Waals surface area contributed by atoms with Gasteiger partial charge in [-0.25, -0.2) is 4.98 Å².